The molecular formula is C28H28ClN3O2. The highest BCUT2D eigenvalue weighted by atomic mass is 35.5. The number of benzene rings is 3. The van der Waals surface area contributed by atoms with Gasteiger partial charge in [-0.05, 0) is 47.7 Å². The molecule has 1 aliphatic carbocycles. The standard InChI is InChI=1S/C28H28ClN3O2/c1-2-3-8-18-17-21-19-9-4-5-10-20(19)27(33)25(21)26(24(18)28(30)34)32-15-13-31(14-16-32)23-12-7-6-11-22(23)29/h4-7,9-12,17H,2-3,8,13-16H2,1H3,(H2,30,34). The molecule has 3 aromatic carbocycles. The van der Waals surface area contributed by atoms with Gasteiger partial charge in [0.15, 0.2) is 5.78 Å². The number of piperazine rings is 1. The van der Waals surface area contributed by atoms with E-state index in [4.69, 9.17) is 17.3 Å². The number of carbonyl (C=O) groups excluding carboxylic acids is 2. The lowest BCUT2D eigenvalue weighted by Gasteiger charge is -2.39. The Morgan fingerprint density at radius 3 is 2.26 bits per heavy atom. The smallest absolute Gasteiger partial charge is 0.251 e. The Balaban J connectivity index is 1.60. The molecule has 0 saturated carbocycles. The highest BCUT2D eigenvalue weighted by molar-refractivity contribution is 6.33. The molecule has 0 unspecified atom stereocenters. The number of hydrogen-bond acceptors (Lipinski definition) is 4. The van der Waals surface area contributed by atoms with E-state index < -0.39 is 5.91 Å². The molecule has 1 fully saturated rings. The van der Waals surface area contributed by atoms with Crippen LogP contribution >= 0.6 is 11.6 Å². The number of carbonyl (C=O) groups is 2. The number of primary amides is 1. The molecule has 1 amide bonds. The van der Waals surface area contributed by atoms with E-state index >= 15 is 0 Å². The molecular weight excluding hydrogens is 446 g/mol. The Kier molecular flexibility index (Phi) is 6.05. The van der Waals surface area contributed by atoms with Crippen molar-refractivity contribution in [3.63, 3.8) is 0 Å². The minimum atomic E-state index is -0.471. The van der Waals surface area contributed by atoms with Crippen molar-refractivity contribution in [1.29, 1.82) is 0 Å². The van der Waals surface area contributed by atoms with Crippen molar-refractivity contribution < 1.29 is 9.59 Å². The summed E-state index contributed by atoms with van der Waals surface area (Å²) in [6.45, 7) is 4.93. The summed E-state index contributed by atoms with van der Waals surface area (Å²) in [7, 11) is 0. The zero-order chi connectivity index (χ0) is 23.8. The number of anilines is 2. The van der Waals surface area contributed by atoms with Crippen molar-refractivity contribution in [1.82, 2.24) is 0 Å². The fraction of sp³-hybridized carbons (Fsp3) is 0.286. The number of ketones is 1. The predicted octanol–water partition coefficient (Wildman–Crippen LogP) is 5.32. The number of rotatable bonds is 6. The van der Waals surface area contributed by atoms with Gasteiger partial charge >= 0.3 is 0 Å². The SMILES string of the molecule is CCCCc1cc2c(c(N3CCN(c4ccccc4Cl)CC3)c1C(N)=O)C(=O)c1ccccc1-2. The number of para-hydroxylation sites is 1. The molecule has 1 heterocycles. The maximum absolute atomic E-state index is 13.6. The van der Waals surface area contributed by atoms with Crippen molar-refractivity contribution in [2.45, 2.75) is 26.2 Å². The number of halogens is 1. The molecule has 2 aliphatic rings. The molecule has 2 N–H and O–H groups in total. The molecule has 34 heavy (non-hydrogen) atoms. The fourth-order valence-electron chi connectivity index (χ4n) is 5.25. The van der Waals surface area contributed by atoms with E-state index in [-0.39, 0.29) is 5.78 Å². The average molecular weight is 474 g/mol. The normalized spacial score (nSPS) is 14.8. The summed E-state index contributed by atoms with van der Waals surface area (Å²) >= 11 is 6.43. The zero-order valence-electron chi connectivity index (χ0n) is 19.3. The summed E-state index contributed by atoms with van der Waals surface area (Å²) in [6, 6.07) is 17.6. The van der Waals surface area contributed by atoms with Crippen molar-refractivity contribution >= 4 is 34.7 Å². The molecule has 0 atom stereocenters. The number of fused-ring (bicyclic) bond motifs is 3. The maximum atomic E-state index is 13.6. The summed E-state index contributed by atoms with van der Waals surface area (Å²) < 4.78 is 0. The first-order valence-corrected chi connectivity index (χ1v) is 12.3. The van der Waals surface area contributed by atoms with Crippen LogP contribution in [-0.4, -0.2) is 37.9 Å². The molecule has 6 heteroatoms. The van der Waals surface area contributed by atoms with Crippen molar-refractivity contribution in [2.24, 2.45) is 5.73 Å². The largest absolute Gasteiger partial charge is 0.367 e. The minimum Gasteiger partial charge on any atom is -0.367 e. The summed E-state index contributed by atoms with van der Waals surface area (Å²) in [4.78, 5) is 30.8. The van der Waals surface area contributed by atoms with Crippen LogP contribution < -0.4 is 15.5 Å². The molecule has 1 saturated heterocycles. The van der Waals surface area contributed by atoms with Crippen molar-refractivity contribution in [3.05, 3.63) is 81.9 Å². The van der Waals surface area contributed by atoms with Gasteiger partial charge in [-0.25, -0.2) is 0 Å². The van der Waals surface area contributed by atoms with Crippen LogP contribution in [0.1, 0.15) is 51.6 Å². The van der Waals surface area contributed by atoms with E-state index in [0.29, 0.717) is 35.5 Å². The average Bonchev–Trinajstić information content (AvgIpc) is 3.14. The maximum Gasteiger partial charge on any atom is 0.251 e. The highest BCUT2D eigenvalue weighted by Gasteiger charge is 2.36. The third kappa shape index (κ3) is 3.74. The van der Waals surface area contributed by atoms with Gasteiger partial charge in [0.25, 0.3) is 5.91 Å². The first-order chi connectivity index (χ1) is 16.5. The van der Waals surface area contributed by atoms with Crippen LogP contribution in [0.25, 0.3) is 11.1 Å². The number of unbranched alkanes of at least 4 members (excludes halogenated alkanes) is 1. The number of nitrogens with two attached hydrogens (primary N) is 1. The van der Waals surface area contributed by atoms with Crippen LogP contribution in [0.15, 0.2) is 54.6 Å². The minimum absolute atomic E-state index is 0.0290. The molecule has 5 rings (SSSR count). The lowest BCUT2D eigenvalue weighted by Crippen LogP contribution is -2.47. The molecule has 0 spiro atoms. The third-order valence-electron chi connectivity index (χ3n) is 6.91. The summed E-state index contributed by atoms with van der Waals surface area (Å²) in [5.74, 6) is -0.500. The predicted molar refractivity (Wildman–Crippen MR) is 138 cm³/mol. The van der Waals surface area contributed by atoms with E-state index in [0.717, 1.165) is 59.8 Å². The van der Waals surface area contributed by atoms with Gasteiger partial charge in [-0.3, -0.25) is 9.59 Å². The quantitative estimate of drug-likeness (QED) is 0.411. The summed E-state index contributed by atoms with van der Waals surface area (Å²) in [6.07, 6.45) is 2.72. The van der Waals surface area contributed by atoms with Crippen LogP contribution in [-0.2, 0) is 6.42 Å². The second kappa shape index (κ2) is 9.15. The van der Waals surface area contributed by atoms with E-state index in [2.05, 4.69) is 16.7 Å². The Morgan fingerprint density at radius 1 is 0.941 bits per heavy atom. The zero-order valence-corrected chi connectivity index (χ0v) is 20.1. The van der Waals surface area contributed by atoms with E-state index in [1.54, 1.807) is 0 Å². The monoisotopic (exact) mass is 473 g/mol. The van der Waals surface area contributed by atoms with Crippen molar-refractivity contribution in [3.8, 4) is 11.1 Å². The van der Waals surface area contributed by atoms with Crippen LogP contribution in [0.4, 0.5) is 11.4 Å². The first-order valence-electron chi connectivity index (χ1n) is 11.9. The molecule has 3 aromatic rings. The number of amides is 1. The van der Waals surface area contributed by atoms with Gasteiger partial charge in [0.05, 0.1) is 27.5 Å². The molecule has 1 aliphatic heterocycles. The Bertz CT molecular complexity index is 1280. The van der Waals surface area contributed by atoms with Gasteiger partial charge in [0, 0.05) is 31.7 Å². The molecule has 0 aromatic heterocycles. The summed E-state index contributed by atoms with van der Waals surface area (Å²) in [5.41, 5.74) is 12.3. The highest BCUT2D eigenvalue weighted by Crippen LogP contribution is 2.45. The lowest BCUT2D eigenvalue weighted by molar-refractivity contribution is 0.0999. The van der Waals surface area contributed by atoms with Gasteiger partial charge in [-0.2, -0.15) is 0 Å². The summed E-state index contributed by atoms with van der Waals surface area (Å²) in [5, 5.41) is 0.724. The van der Waals surface area contributed by atoms with Gasteiger partial charge in [0.2, 0.25) is 0 Å². The molecule has 0 radical (unpaired) electrons. The van der Waals surface area contributed by atoms with Crippen LogP contribution in [0.2, 0.25) is 5.02 Å². The van der Waals surface area contributed by atoms with E-state index in [9.17, 15) is 9.59 Å². The number of aryl methyl sites for hydroxylation is 1. The second-order valence-electron chi connectivity index (χ2n) is 8.95. The lowest BCUT2D eigenvalue weighted by atomic mass is 9.91. The Morgan fingerprint density at radius 2 is 1.59 bits per heavy atom. The van der Waals surface area contributed by atoms with Gasteiger partial charge in [0.1, 0.15) is 0 Å². The second-order valence-corrected chi connectivity index (χ2v) is 9.36. The van der Waals surface area contributed by atoms with Gasteiger partial charge in [-0.1, -0.05) is 61.3 Å². The van der Waals surface area contributed by atoms with E-state index in [1.165, 1.54) is 0 Å². The van der Waals surface area contributed by atoms with Crippen LogP contribution in [0.5, 0.6) is 0 Å². The van der Waals surface area contributed by atoms with Crippen LogP contribution in [0, 0.1) is 0 Å². The van der Waals surface area contributed by atoms with Crippen molar-refractivity contribution in [2.75, 3.05) is 36.0 Å². The third-order valence-corrected chi connectivity index (χ3v) is 7.23. The van der Waals surface area contributed by atoms with Gasteiger partial charge < -0.3 is 15.5 Å². The van der Waals surface area contributed by atoms with Crippen LogP contribution in [0.3, 0.4) is 0 Å². The Hall–Kier alpha value is -3.31. The van der Waals surface area contributed by atoms with Gasteiger partial charge in [-0.15, -0.1) is 0 Å². The molecule has 174 valence electrons. The Labute approximate surface area is 205 Å². The molecule has 0 bridgehead atoms. The molecule has 5 nitrogen and oxygen atoms in total. The first kappa shape index (κ1) is 22.5. The fourth-order valence-corrected chi connectivity index (χ4v) is 5.51. The topological polar surface area (TPSA) is 66.6 Å². The number of hydrogen-bond donors (Lipinski definition) is 1. The van der Waals surface area contributed by atoms with E-state index in [1.807, 2.05) is 54.6 Å². The number of nitrogens with zero attached hydrogens (tertiary/aromatic N) is 2.